The van der Waals surface area contributed by atoms with Crippen LogP contribution in [0.3, 0.4) is 0 Å². The Morgan fingerprint density at radius 3 is 1.50 bits per heavy atom. The van der Waals surface area contributed by atoms with Crippen LogP contribution >= 0.6 is 11.3 Å². The third-order valence-electron chi connectivity index (χ3n) is 10.7. The molecule has 2 aromatic heterocycles. The van der Waals surface area contributed by atoms with Gasteiger partial charge >= 0.3 is 0 Å². The summed E-state index contributed by atoms with van der Waals surface area (Å²) in [6, 6.07) is 66.4. The summed E-state index contributed by atoms with van der Waals surface area (Å²) in [5.74, 6) is 0. The molecule has 2 heteroatoms. The first-order chi connectivity index (χ1) is 25.8. The maximum atomic E-state index is 6.10. The van der Waals surface area contributed by atoms with Crippen molar-refractivity contribution in [3.8, 4) is 44.5 Å². The molecule has 0 fully saturated rings. The van der Waals surface area contributed by atoms with Gasteiger partial charge in [-0.3, -0.25) is 0 Å². The Balaban J connectivity index is 1.05. The Labute approximate surface area is 304 Å². The van der Waals surface area contributed by atoms with Gasteiger partial charge in [-0.2, -0.15) is 0 Å². The van der Waals surface area contributed by atoms with Crippen molar-refractivity contribution in [3.63, 3.8) is 0 Å². The molecule has 52 heavy (non-hydrogen) atoms. The molecule has 0 unspecified atom stereocenters. The lowest BCUT2D eigenvalue weighted by molar-refractivity contribution is 0.669. The fraction of sp³-hybridized carbons (Fsp3) is 0. The molecule has 0 amide bonds. The van der Waals surface area contributed by atoms with Crippen LogP contribution in [0.15, 0.2) is 186 Å². The fourth-order valence-corrected chi connectivity index (χ4v) is 9.33. The van der Waals surface area contributed by atoms with Crippen LogP contribution in [-0.4, -0.2) is 0 Å². The molecule has 0 spiro atoms. The largest absolute Gasteiger partial charge is 0.456 e. The molecule has 0 saturated heterocycles. The first kappa shape index (κ1) is 29.3. The molecule has 0 radical (unpaired) electrons. The Hall–Kier alpha value is -6.48. The number of furan rings is 1. The minimum absolute atomic E-state index is 0.919. The number of fused-ring (bicyclic) bond motifs is 8. The Morgan fingerprint density at radius 1 is 0.269 bits per heavy atom. The highest BCUT2D eigenvalue weighted by Gasteiger charge is 2.18. The van der Waals surface area contributed by atoms with E-state index in [4.69, 9.17) is 4.42 Å². The van der Waals surface area contributed by atoms with E-state index in [1.165, 1.54) is 86.2 Å². The highest BCUT2D eigenvalue weighted by Crippen LogP contribution is 2.45. The van der Waals surface area contributed by atoms with Crippen LogP contribution in [0.4, 0.5) is 0 Å². The zero-order valence-corrected chi connectivity index (χ0v) is 29.0. The van der Waals surface area contributed by atoms with Gasteiger partial charge in [-0.05, 0) is 109 Å². The Bertz CT molecular complexity index is 3120. The highest BCUT2D eigenvalue weighted by molar-refractivity contribution is 7.25. The highest BCUT2D eigenvalue weighted by atomic mass is 32.1. The van der Waals surface area contributed by atoms with Crippen molar-refractivity contribution in [2.45, 2.75) is 0 Å². The minimum atomic E-state index is 0.919. The number of hydrogen-bond donors (Lipinski definition) is 0. The van der Waals surface area contributed by atoms with Crippen molar-refractivity contribution < 1.29 is 4.42 Å². The molecule has 0 aliphatic carbocycles. The molecule has 0 saturated carbocycles. The van der Waals surface area contributed by atoms with Gasteiger partial charge in [-0.25, -0.2) is 0 Å². The van der Waals surface area contributed by atoms with Gasteiger partial charge in [-0.1, -0.05) is 140 Å². The number of para-hydroxylation sites is 1. The molecular formula is C50H30OS. The normalized spacial score (nSPS) is 11.8. The molecule has 1 nitrogen and oxygen atoms in total. The summed E-state index contributed by atoms with van der Waals surface area (Å²) >= 11 is 1.86. The Morgan fingerprint density at radius 2 is 0.750 bits per heavy atom. The van der Waals surface area contributed by atoms with Gasteiger partial charge in [0.2, 0.25) is 0 Å². The van der Waals surface area contributed by atoms with Gasteiger partial charge in [0.05, 0.1) is 0 Å². The molecule has 11 rings (SSSR count). The molecule has 0 bridgehead atoms. The lowest BCUT2D eigenvalue weighted by Crippen LogP contribution is -1.91. The Kier molecular flexibility index (Phi) is 6.49. The van der Waals surface area contributed by atoms with Crippen molar-refractivity contribution in [3.05, 3.63) is 182 Å². The summed E-state index contributed by atoms with van der Waals surface area (Å²) in [6.07, 6.45) is 0. The van der Waals surface area contributed by atoms with E-state index < -0.39 is 0 Å². The van der Waals surface area contributed by atoms with Crippen molar-refractivity contribution in [1.82, 2.24) is 0 Å². The number of benzene rings is 9. The van der Waals surface area contributed by atoms with Gasteiger partial charge < -0.3 is 4.42 Å². The van der Waals surface area contributed by atoms with E-state index in [0.29, 0.717) is 0 Å². The second-order valence-electron chi connectivity index (χ2n) is 13.6. The predicted molar refractivity (Wildman–Crippen MR) is 223 cm³/mol. The molecule has 242 valence electrons. The van der Waals surface area contributed by atoms with E-state index in [2.05, 4.69) is 170 Å². The number of rotatable bonds is 4. The smallest absolute Gasteiger partial charge is 0.135 e. The summed E-state index contributed by atoms with van der Waals surface area (Å²) in [7, 11) is 0. The quantitative estimate of drug-likeness (QED) is 0.169. The zero-order valence-electron chi connectivity index (χ0n) is 28.1. The van der Waals surface area contributed by atoms with Crippen LogP contribution in [0, 0.1) is 0 Å². The van der Waals surface area contributed by atoms with E-state index >= 15 is 0 Å². The first-order valence-corrected chi connectivity index (χ1v) is 18.6. The van der Waals surface area contributed by atoms with Crippen molar-refractivity contribution in [2.75, 3.05) is 0 Å². The fourth-order valence-electron chi connectivity index (χ4n) is 8.25. The van der Waals surface area contributed by atoms with Crippen LogP contribution in [0.25, 0.3) is 108 Å². The van der Waals surface area contributed by atoms with Crippen LogP contribution in [0.2, 0.25) is 0 Å². The average Bonchev–Trinajstić information content (AvgIpc) is 3.78. The van der Waals surface area contributed by atoms with Crippen molar-refractivity contribution in [1.29, 1.82) is 0 Å². The average molecular weight is 679 g/mol. The second-order valence-corrected chi connectivity index (χ2v) is 14.7. The van der Waals surface area contributed by atoms with Gasteiger partial charge in [0, 0.05) is 30.9 Å². The molecule has 0 atom stereocenters. The molecule has 11 aromatic rings. The topological polar surface area (TPSA) is 13.1 Å². The van der Waals surface area contributed by atoms with E-state index in [9.17, 15) is 0 Å². The van der Waals surface area contributed by atoms with Crippen LogP contribution < -0.4 is 0 Å². The maximum Gasteiger partial charge on any atom is 0.135 e. The summed E-state index contributed by atoms with van der Waals surface area (Å²) in [5.41, 5.74) is 11.7. The molecule has 9 aromatic carbocycles. The first-order valence-electron chi connectivity index (χ1n) is 17.7. The molecular weight excluding hydrogens is 649 g/mol. The SMILES string of the molecule is c1cc(-c2ccc3sc4ccccc4c3c2)cc(-c2c3ccccc3c(-c3ccc(-c4ccc5oc6ccccc6c5c4)cc3)c3ccccc23)c1. The van der Waals surface area contributed by atoms with E-state index in [1.54, 1.807) is 0 Å². The van der Waals surface area contributed by atoms with Crippen molar-refractivity contribution >= 4 is 75.0 Å². The third kappa shape index (κ3) is 4.55. The molecule has 0 aliphatic rings. The summed E-state index contributed by atoms with van der Waals surface area (Å²) in [4.78, 5) is 0. The molecule has 0 N–H and O–H groups in total. The number of hydrogen-bond acceptors (Lipinski definition) is 2. The number of thiophene rings is 1. The van der Waals surface area contributed by atoms with Gasteiger partial charge in [-0.15, -0.1) is 11.3 Å². The monoisotopic (exact) mass is 678 g/mol. The van der Waals surface area contributed by atoms with E-state index in [1.807, 2.05) is 23.5 Å². The maximum absolute atomic E-state index is 6.10. The van der Waals surface area contributed by atoms with Gasteiger partial charge in [0.25, 0.3) is 0 Å². The standard InChI is InChI=1S/C50H30OS/c1-3-16-41-39(14-1)49(32-22-20-31(21-23-32)34-24-26-46-43(29-34)37-12-5-7-18-45(37)51-46)40-15-2-4-17-42(40)50(41)36-11-9-10-33(28-36)35-25-27-48-44(30-35)38-13-6-8-19-47(38)52-48/h1-30H. The van der Waals surface area contributed by atoms with Crippen molar-refractivity contribution in [2.24, 2.45) is 0 Å². The molecule has 2 heterocycles. The second kappa shape index (κ2) is 11.5. The lowest BCUT2D eigenvalue weighted by atomic mass is 9.85. The van der Waals surface area contributed by atoms with Crippen LogP contribution in [-0.2, 0) is 0 Å². The zero-order chi connectivity index (χ0) is 34.2. The third-order valence-corrected chi connectivity index (χ3v) is 11.8. The van der Waals surface area contributed by atoms with Gasteiger partial charge in [0.15, 0.2) is 0 Å². The lowest BCUT2D eigenvalue weighted by Gasteiger charge is -2.18. The minimum Gasteiger partial charge on any atom is -0.456 e. The predicted octanol–water partition coefficient (Wildman–Crippen LogP) is 14.9. The van der Waals surface area contributed by atoms with Crippen LogP contribution in [0.1, 0.15) is 0 Å². The summed E-state index contributed by atoms with van der Waals surface area (Å²) in [5, 5.41) is 9.98. The van der Waals surface area contributed by atoms with E-state index in [0.717, 1.165) is 21.9 Å². The van der Waals surface area contributed by atoms with Crippen LogP contribution in [0.5, 0.6) is 0 Å². The summed E-state index contributed by atoms with van der Waals surface area (Å²) in [6.45, 7) is 0. The summed E-state index contributed by atoms with van der Waals surface area (Å²) < 4.78 is 8.76. The van der Waals surface area contributed by atoms with Gasteiger partial charge in [0.1, 0.15) is 11.2 Å². The van der Waals surface area contributed by atoms with E-state index in [-0.39, 0.29) is 0 Å². The molecule has 0 aliphatic heterocycles.